The van der Waals surface area contributed by atoms with Gasteiger partial charge in [0.2, 0.25) is 0 Å². The Morgan fingerprint density at radius 1 is 1.05 bits per heavy atom. The quantitative estimate of drug-likeness (QED) is 0.838. The van der Waals surface area contributed by atoms with Crippen LogP contribution >= 0.6 is 12.4 Å². The van der Waals surface area contributed by atoms with E-state index in [1.807, 2.05) is 0 Å². The number of likely N-dealkylation sites (tertiary alicyclic amines) is 2. The van der Waals surface area contributed by atoms with Crippen LogP contribution in [0.1, 0.15) is 38.5 Å². The lowest BCUT2D eigenvalue weighted by molar-refractivity contribution is 0.0468. The van der Waals surface area contributed by atoms with Crippen LogP contribution in [0.25, 0.3) is 0 Å². The van der Waals surface area contributed by atoms with Crippen molar-refractivity contribution in [3.8, 4) is 0 Å². The second-order valence-corrected chi connectivity index (χ2v) is 6.77. The van der Waals surface area contributed by atoms with Crippen molar-refractivity contribution >= 4 is 12.4 Å². The summed E-state index contributed by atoms with van der Waals surface area (Å²) in [6.45, 7) is 7.85. The summed E-state index contributed by atoms with van der Waals surface area (Å²) in [4.78, 5) is 5.39. The van der Waals surface area contributed by atoms with E-state index in [-0.39, 0.29) is 12.4 Å². The van der Waals surface area contributed by atoms with Crippen molar-refractivity contribution in [1.29, 1.82) is 0 Å². The first-order valence-corrected chi connectivity index (χ1v) is 7.93. The number of halogens is 1. The van der Waals surface area contributed by atoms with Crippen LogP contribution in [0.15, 0.2) is 0 Å². The predicted octanol–water partition coefficient (Wildman–Crippen LogP) is 1.97. The SMILES string of the molecule is CN1CCC2(CCCN2CC2CCNCC2)CC1.Cl. The Balaban J connectivity index is 0.00000133. The second-order valence-electron chi connectivity index (χ2n) is 6.77. The molecule has 19 heavy (non-hydrogen) atoms. The van der Waals surface area contributed by atoms with E-state index < -0.39 is 0 Å². The lowest BCUT2D eigenvalue weighted by Crippen LogP contribution is -2.53. The van der Waals surface area contributed by atoms with Crippen molar-refractivity contribution in [2.24, 2.45) is 5.92 Å². The molecule has 3 aliphatic rings. The molecular weight excluding hydrogens is 258 g/mol. The van der Waals surface area contributed by atoms with Crippen LogP contribution in [0.5, 0.6) is 0 Å². The van der Waals surface area contributed by atoms with Crippen molar-refractivity contribution < 1.29 is 0 Å². The number of rotatable bonds is 2. The zero-order valence-corrected chi connectivity index (χ0v) is 13.2. The largest absolute Gasteiger partial charge is 0.317 e. The van der Waals surface area contributed by atoms with E-state index in [4.69, 9.17) is 0 Å². The molecule has 0 aromatic rings. The fraction of sp³-hybridized carbons (Fsp3) is 1.00. The van der Waals surface area contributed by atoms with E-state index in [1.54, 1.807) is 0 Å². The Labute approximate surface area is 124 Å². The minimum Gasteiger partial charge on any atom is -0.317 e. The molecule has 3 rings (SSSR count). The monoisotopic (exact) mass is 287 g/mol. The minimum atomic E-state index is 0. The van der Waals surface area contributed by atoms with Gasteiger partial charge in [-0.25, -0.2) is 0 Å². The standard InChI is InChI=1S/C15H29N3.ClH/c1-17-11-6-15(7-12-17)5-2-10-18(15)13-14-3-8-16-9-4-14;/h14,16H,2-13H2,1H3;1H. The Morgan fingerprint density at radius 2 is 1.74 bits per heavy atom. The molecule has 1 spiro atoms. The number of hydrogen-bond donors (Lipinski definition) is 1. The molecule has 0 radical (unpaired) electrons. The second kappa shape index (κ2) is 6.75. The van der Waals surface area contributed by atoms with Crippen LogP contribution < -0.4 is 5.32 Å². The van der Waals surface area contributed by atoms with E-state index in [0.29, 0.717) is 5.54 Å². The van der Waals surface area contributed by atoms with Crippen LogP contribution in [0.4, 0.5) is 0 Å². The molecule has 3 aliphatic heterocycles. The Bertz CT molecular complexity index is 271. The maximum absolute atomic E-state index is 3.49. The molecule has 1 N–H and O–H groups in total. The van der Waals surface area contributed by atoms with Gasteiger partial charge >= 0.3 is 0 Å². The first-order chi connectivity index (χ1) is 8.78. The Hall–Kier alpha value is 0.170. The average molecular weight is 288 g/mol. The number of hydrogen-bond acceptors (Lipinski definition) is 3. The van der Waals surface area contributed by atoms with Gasteiger partial charge in [-0.2, -0.15) is 0 Å². The van der Waals surface area contributed by atoms with Gasteiger partial charge in [-0.15, -0.1) is 12.4 Å². The predicted molar refractivity (Wildman–Crippen MR) is 83.1 cm³/mol. The molecule has 3 fully saturated rings. The number of nitrogens with one attached hydrogen (secondary N) is 1. The van der Waals surface area contributed by atoms with Crippen LogP contribution in [0.2, 0.25) is 0 Å². The van der Waals surface area contributed by atoms with E-state index in [9.17, 15) is 0 Å². The first-order valence-electron chi connectivity index (χ1n) is 7.93. The van der Waals surface area contributed by atoms with Crippen LogP contribution in [-0.4, -0.2) is 61.7 Å². The molecule has 3 saturated heterocycles. The molecule has 0 bridgehead atoms. The van der Waals surface area contributed by atoms with Crippen molar-refractivity contribution in [3.05, 3.63) is 0 Å². The number of piperidine rings is 2. The van der Waals surface area contributed by atoms with Crippen molar-refractivity contribution in [2.75, 3.05) is 46.3 Å². The summed E-state index contributed by atoms with van der Waals surface area (Å²) in [6.07, 6.45) is 8.52. The molecular formula is C15H30ClN3. The van der Waals surface area contributed by atoms with Crippen molar-refractivity contribution in [3.63, 3.8) is 0 Å². The number of nitrogens with zero attached hydrogens (tertiary/aromatic N) is 2. The smallest absolute Gasteiger partial charge is 0.0234 e. The highest BCUT2D eigenvalue weighted by atomic mass is 35.5. The molecule has 0 saturated carbocycles. The molecule has 0 amide bonds. The zero-order chi connectivity index (χ0) is 12.4. The third-order valence-corrected chi connectivity index (χ3v) is 5.60. The lowest BCUT2D eigenvalue weighted by Gasteiger charge is -2.45. The van der Waals surface area contributed by atoms with E-state index in [2.05, 4.69) is 22.2 Å². The maximum atomic E-state index is 3.49. The van der Waals surface area contributed by atoms with Crippen LogP contribution in [0, 0.1) is 5.92 Å². The summed E-state index contributed by atoms with van der Waals surface area (Å²) in [5, 5.41) is 3.49. The van der Waals surface area contributed by atoms with Gasteiger partial charge in [-0.05, 0) is 84.2 Å². The maximum Gasteiger partial charge on any atom is 0.0234 e. The molecule has 0 aliphatic carbocycles. The highest BCUT2D eigenvalue weighted by Gasteiger charge is 2.42. The van der Waals surface area contributed by atoms with Crippen LogP contribution in [0.3, 0.4) is 0 Å². The highest BCUT2D eigenvalue weighted by molar-refractivity contribution is 5.85. The van der Waals surface area contributed by atoms with Crippen molar-refractivity contribution in [2.45, 2.75) is 44.1 Å². The van der Waals surface area contributed by atoms with Gasteiger partial charge < -0.3 is 10.2 Å². The van der Waals surface area contributed by atoms with Gasteiger partial charge in [0.25, 0.3) is 0 Å². The molecule has 4 heteroatoms. The fourth-order valence-corrected chi connectivity index (χ4v) is 4.26. The van der Waals surface area contributed by atoms with Gasteiger partial charge in [-0.3, -0.25) is 4.90 Å². The molecule has 112 valence electrons. The van der Waals surface area contributed by atoms with Crippen molar-refractivity contribution in [1.82, 2.24) is 15.1 Å². The summed E-state index contributed by atoms with van der Waals surface area (Å²) in [6, 6.07) is 0. The third kappa shape index (κ3) is 3.44. The summed E-state index contributed by atoms with van der Waals surface area (Å²) < 4.78 is 0. The summed E-state index contributed by atoms with van der Waals surface area (Å²) in [5.41, 5.74) is 0.595. The van der Waals surface area contributed by atoms with Gasteiger partial charge in [-0.1, -0.05) is 0 Å². The van der Waals surface area contributed by atoms with E-state index >= 15 is 0 Å². The molecule has 0 aromatic heterocycles. The van der Waals surface area contributed by atoms with Gasteiger partial charge in [0.1, 0.15) is 0 Å². The lowest BCUT2D eigenvalue weighted by atomic mass is 9.84. The molecule has 3 heterocycles. The summed E-state index contributed by atoms with van der Waals surface area (Å²) >= 11 is 0. The fourth-order valence-electron chi connectivity index (χ4n) is 4.26. The summed E-state index contributed by atoms with van der Waals surface area (Å²) in [5.74, 6) is 0.959. The molecule has 0 atom stereocenters. The molecule has 0 aromatic carbocycles. The van der Waals surface area contributed by atoms with Crippen LogP contribution in [-0.2, 0) is 0 Å². The molecule has 3 nitrogen and oxygen atoms in total. The van der Waals surface area contributed by atoms with Gasteiger partial charge in [0.05, 0.1) is 0 Å². The molecule has 0 unspecified atom stereocenters. The summed E-state index contributed by atoms with van der Waals surface area (Å²) in [7, 11) is 2.28. The third-order valence-electron chi connectivity index (χ3n) is 5.60. The Kier molecular flexibility index (Phi) is 5.53. The van der Waals surface area contributed by atoms with E-state index in [0.717, 1.165) is 5.92 Å². The average Bonchev–Trinajstić information content (AvgIpc) is 2.78. The minimum absolute atomic E-state index is 0. The zero-order valence-electron chi connectivity index (χ0n) is 12.4. The highest BCUT2D eigenvalue weighted by Crippen LogP contribution is 2.39. The van der Waals surface area contributed by atoms with Gasteiger partial charge in [0.15, 0.2) is 0 Å². The topological polar surface area (TPSA) is 18.5 Å². The first kappa shape index (κ1) is 15.6. The normalized spacial score (nSPS) is 29.5. The van der Waals surface area contributed by atoms with Gasteiger partial charge in [0, 0.05) is 12.1 Å². The van der Waals surface area contributed by atoms with E-state index in [1.165, 1.54) is 77.8 Å². The Morgan fingerprint density at radius 3 is 2.42 bits per heavy atom.